The molecule has 0 aliphatic heterocycles. The van der Waals surface area contributed by atoms with Crippen LogP contribution in [0.15, 0.2) is 22.8 Å². The Bertz CT molecular complexity index is 602. The molecule has 1 heterocycles. The number of rotatable bonds is 6. The third kappa shape index (κ3) is 3.33. The molecule has 1 aromatic heterocycles. The maximum atomic E-state index is 12.3. The Labute approximate surface area is 148 Å². The molecule has 4 aliphatic carbocycles. The summed E-state index contributed by atoms with van der Waals surface area (Å²) in [5.41, 5.74) is 0.321. The van der Waals surface area contributed by atoms with Gasteiger partial charge in [-0.3, -0.25) is 9.59 Å². The van der Waals surface area contributed by atoms with Gasteiger partial charge in [0.05, 0.1) is 6.26 Å². The van der Waals surface area contributed by atoms with Crippen LogP contribution in [0.3, 0.4) is 0 Å². The predicted molar refractivity (Wildman–Crippen MR) is 93.9 cm³/mol. The van der Waals surface area contributed by atoms with Crippen LogP contribution in [0.5, 0.6) is 0 Å². The molecule has 4 bridgehead atoms. The van der Waals surface area contributed by atoms with Crippen LogP contribution in [0.2, 0.25) is 0 Å². The first-order valence-corrected chi connectivity index (χ1v) is 9.65. The van der Waals surface area contributed by atoms with Crippen LogP contribution in [0.4, 0.5) is 0 Å². The summed E-state index contributed by atoms with van der Waals surface area (Å²) in [6, 6.07) is 3.52. The van der Waals surface area contributed by atoms with Crippen molar-refractivity contribution in [1.29, 1.82) is 0 Å². The van der Waals surface area contributed by atoms with Crippen molar-refractivity contribution in [3.05, 3.63) is 24.2 Å². The van der Waals surface area contributed by atoms with E-state index in [1.807, 2.05) is 0 Å². The largest absolute Gasteiger partial charge is 0.459 e. The highest BCUT2D eigenvalue weighted by Gasteiger charge is 2.53. The molecule has 5 nitrogen and oxygen atoms in total. The van der Waals surface area contributed by atoms with Crippen molar-refractivity contribution >= 4 is 11.8 Å². The number of hydrogen-bond acceptors (Lipinski definition) is 3. The van der Waals surface area contributed by atoms with Crippen molar-refractivity contribution in [2.75, 3.05) is 6.54 Å². The molecule has 5 heteroatoms. The van der Waals surface area contributed by atoms with Crippen molar-refractivity contribution in [3.8, 4) is 0 Å². The quantitative estimate of drug-likeness (QED) is 0.833. The number of carbonyl (C=O) groups is 2. The third-order valence-electron chi connectivity index (χ3n) is 6.76. The van der Waals surface area contributed by atoms with Gasteiger partial charge < -0.3 is 15.1 Å². The van der Waals surface area contributed by atoms with E-state index in [1.54, 1.807) is 12.1 Å². The second-order valence-corrected chi connectivity index (χ2v) is 8.55. The fourth-order valence-corrected chi connectivity index (χ4v) is 5.96. The Hall–Kier alpha value is -1.78. The van der Waals surface area contributed by atoms with E-state index < -0.39 is 0 Å². The molecule has 25 heavy (non-hydrogen) atoms. The molecule has 0 unspecified atom stereocenters. The first-order valence-electron chi connectivity index (χ1n) is 9.65. The molecule has 1 atom stereocenters. The summed E-state index contributed by atoms with van der Waals surface area (Å²) in [7, 11) is 0. The molecular formula is C20H28N2O3. The highest BCUT2D eigenvalue weighted by molar-refractivity contribution is 5.91. The van der Waals surface area contributed by atoms with Gasteiger partial charge in [0.25, 0.3) is 5.91 Å². The maximum Gasteiger partial charge on any atom is 0.286 e. The van der Waals surface area contributed by atoms with Gasteiger partial charge in [-0.15, -0.1) is 0 Å². The Kier molecular flexibility index (Phi) is 4.34. The highest BCUT2D eigenvalue weighted by atomic mass is 16.3. The minimum absolute atomic E-state index is 0.0305. The zero-order chi connectivity index (χ0) is 17.4. The van der Waals surface area contributed by atoms with E-state index in [0.29, 0.717) is 18.4 Å². The van der Waals surface area contributed by atoms with E-state index in [1.165, 1.54) is 44.8 Å². The fraction of sp³-hybridized carbons (Fsp3) is 0.700. The minimum atomic E-state index is -0.271. The molecule has 2 N–H and O–H groups in total. The van der Waals surface area contributed by atoms with Crippen LogP contribution in [-0.4, -0.2) is 24.4 Å². The van der Waals surface area contributed by atoms with Gasteiger partial charge in [0.15, 0.2) is 5.76 Å². The lowest BCUT2D eigenvalue weighted by Crippen LogP contribution is -2.56. The Morgan fingerprint density at radius 1 is 1.20 bits per heavy atom. The minimum Gasteiger partial charge on any atom is -0.459 e. The first-order chi connectivity index (χ1) is 12.0. The Balaban J connectivity index is 1.26. The third-order valence-corrected chi connectivity index (χ3v) is 6.76. The summed E-state index contributed by atoms with van der Waals surface area (Å²) in [6.07, 6.45) is 9.88. The molecule has 0 spiro atoms. The zero-order valence-corrected chi connectivity index (χ0v) is 14.9. The Morgan fingerprint density at radius 2 is 1.84 bits per heavy atom. The first kappa shape index (κ1) is 16.7. The van der Waals surface area contributed by atoms with Gasteiger partial charge in [-0.1, -0.05) is 0 Å². The fourth-order valence-electron chi connectivity index (χ4n) is 5.96. The average Bonchev–Trinajstić information content (AvgIpc) is 3.08. The summed E-state index contributed by atoms with van der Waals surface area (Å²) >= 11 is 0. The van der Waals surface area contributed by atoms with Gasteiger partial charge in [0.2, 0.25) is 5.91 Å². The van der Waals surface area contributed by atoms with Crippen LogP contribution >= 0.6 is 0 Å². The molecule has 0 aromatic carbocycles. The van der Waals surface area contributed by atoms with E-state index in [9.17, 15) is 9.59 Å². The van der Waals surface area contributed by atoms with E-state index >= 15 is 0 Å². The molecule has 1 aromatic rings. The van der Waals surface area contributed by atoms with Gasteiger partial charge in [0.1, 0.15) is 0 Å². The normalized spacial score (nSPS) is 33.9. The summed E-state index contributed by atoms with van der Waals surface area (Å²) in [5, 5.41) is 5.96. The topological polar surface area (TPSA) is 71.3 Å². The molecule has 0 saturated heterocycles. The predicted octanol–water partition coefficient (Wildman–Crippen LogP) is 3.12. The number of amides is 2. The van der Waals surface area contributed by atoms with Gasteiger partial charge in [-0.25, -0.2) is 0 Å². The molecule has 0 radical (unpaired) electrons. The standard InChI is InChI=1S/C20H28N2O3/c1-13(20-10-14-7-15(11-20)9-16(8-14)12-20)22-18(23)4-5-21-19(24)17-3-2-6-25-17/h2-3,6,13-16H,4-5,7-12H2,1H3,(H,21,24)(H,22,23)/t13-,14?,15?,16?,20?/m0/s1. The average molecular weight is 344 g/mol. The van der Waals surface area contributed by atoms with E-state index in [0.717, 1.165) is 17.8 Å². The Morgan fingerprint density at radius 3 is 2.40 bits per heavy atom. The lowest BCUT2D eigenvalue weighted by molar-refractivity contribution is -0.125. The smallest absolute Gasteiger partial charge is 0.286 e. The van der Waals surface area contributed by atoms with Crippen molar-refractivity contribution in [3.63, 3.8) is 0 Å². The summed E-state index contributed by atoms with van der Waals surface area (Å²) < 4.78 is 5.04. The molecule has 136 valence electrons. The van der Waals surface area contributed by atoms with Crippen molar-refractivity contribution < 1.29 is 14.0 Å². The molecule has 2 amide bonds. The number of carbonyl (C=O) groups excluding carboxylic acids is 2. The SMILES string of the molecule is C[C@H](NC(=O)CCNC(=O)c1ccco1)C12CC3CC(CC(C3)C1)C2. The summed E-state index contributed by atoms with van der Waals surface area (Å²) in [6.45, 7) is 2.52. The van der Waals surface area contributed by atoms with E-state index in [2.05, 4.69) is 17.6 Å². The molecule has 4 aliphatic rings. The molecular weight excluding hydrogens is 316 g/mol. The van der Waals surface area contributed by atoms with Crippen molar-refractivity contribution in [2.24, 2.45) is 23.2 Å². The van der Waals surface area contributed by atoms with E-state index in [-0.39, 0.29) is 23.6 Å². The monoisotopic (exact) mass is 344 g/mol. The van der Waals surface area contributed by atoms with Crippen molar-refractivity contribution in [2.45, 2.75) is 57.9 Å². The lowest BCUT2D eigenvalue weighted by Gasteiger charge is -2.59. The highest BCUT2D eigenvalue weighted by Crippen LogP contribution is 2.61. The van der Waals surface area contributed by atoms with Crippen molar-refractivity contribution in [1.82, 2.24) is 10.6 Å². The van der Waals surface area contributed by atoms with Gasteiger partial charge >= 0.3 is 0 Å². The van der Waals surface area contributed by atoms with E-state index in [4.69, 9.17) is 4.42 Å². The molecule has 5 rings (SSSR count). The van der Waals surface area contributed by atoms with Crippen LogP contribution in [0.25, 0.3) is 0 Å². The van der Waals surface area contributed by atoms with Gasteiger partial charge in [-0.2, -0.15) is 0 Å². The van der Waals surface area contributed by atoms with Crippen LogP contribution in [0, 0.1) is 23.2 Å². The second-order valence-electron chi connectivity index (χ2n) is 8.55. The van der Waals surface area contributed by atoms with Gasteiger partial charge in [0, 0.05) is 19.0 Å². The molecule has 4 fully saturated rings. The van der Waals surface area contributed by atoms with Crippen LogP contribution < -0.4 is 10.6 Å². The number of nitrogens with one attached hydrogen (secondary N) is 2. The zero-order valence-electron chi connectivity index (χ0n) is 14.9. The number of furan rings is 1. The summed E-state index contributed by atoms with van der Waals surface area (Å²) in [5.74, 6) is 2.70. The van der Waals surface area contributed by atoms with Gasteiger partial charge in [-0.05, 0) is 80.8 Å². The second kappa shape index (κ2) is 6.50. The van der Waals surface area contributed by atoms with Crippen LogP contribution in [-0.2, 0) is 4.79 Å². The van der Waals surface area contributed by atoms with Crippen LogP contribution in [0.1, 0.15) is 62.4 Å². The maximum absolute atomic E-state index is 12.3. The lowest BCUT2D eigenvalue weighted by atomic mass is 9.48. The summed E-state index contributed by atoms with van der Waals surface area (Å²) in [4.78, 5) is 24.1. The molecule has 4 saturated carbocycles. The number of hydrogen-bond donors (Lipinski definition) is 2.